The summed E-state index contributed by atoms with van der Waals surface area (Å²) in [4.78, 5) is 8.89. The van der Waals surface area contributed by atoms with E-state index in [1.54, 1.807) is 0 Å². The van der Waals surface area contributed by atoms with Gasteiger partial charge in [-0.25, -0.2) is 9.98 Å². The smallest absolute Gasteiger partial charge is 0.191 e. The van der Waals surface area contributed by atoms with E-state index in [9.17, 15) is 0 Å². The zero-order chi connectivity index (χ0) is 21.4. The van der Waals surface area contributed by atoms with Crippen LogP contribution in [-0.2, 0) is 17.8 Å². The molecule has 6 heteroatoms. The Morgan fingerprint density at radius 2 is 1.97 bits per heavy atom. The molecule has 2 aromatic rings. The Morgan fingerprint density at radius 3 is 2.63 bits per heavy atom. The topological polar surface area (TPSA) is 63.5 Å². The third-order valence-corrected chi connectivity index (χ3v) is 5.54. The van der Waals surface area contributed by atoms with Crippen LogP contribution in [0.25, 0.3) is 0 Å². The van der Waals surface area contributed by atoms with Crippen molar-refractivity contribution >= 4 is 5.96 Å². The Morgan fingerprint density at radius 1 is 1.20 bits per heavy atom. The number of ether oxygens (including phenoxy) is 1. The molecule has 0 radical (unpaired) electrons. The summed E-state index contributed by atoms with van der Waals surface area (Å²) in [5.41, 5.74) is 2.62. The molecule has 0 spiro atoms. The van der Waals surface area contributed by atoms with E-state index in [4.69, 9.17) is 9.73 Å². The van der Waals surface area contributed by atoms with E-state index in [1.807, 2.05) is 18.7 Å². The summed E-state index contributed by atoms with van der Waals surface area (Å²) in [6.45, 7) is 13.0. The van der Waals surface area contributed by atoms with E-state index in [0.717, 1.165) is 38.6 Å². The number of benzene rings is 1. The van der Waals surface area contributed by atoms with E-state index >= 15 is 0 Å². The van der Waals surface area contributed by atoms with Crippen LogP contribution >= 0.6 is 0 Å². The first-order chi connectivity index (χ1) is 14.5. The summed E-state index contributed by atoms with van der Waals surface area (Å²) in [6, 6.07) is 8.64. The number of aromatic nitrogens is 2. The van der Waals surface area contributed by atoms with E-state index in [0.29, 0.717) is 12.5 Å². The fourth-order valence-electron chi connectivity index (χ4n) is 4.09. The van der Waals surface area contributed by atoms with Crippen molar-refractivity contribution in [3.63, 3.8) is 0 Å². The largest absolute Gasteiger partial charge is 0.377 e. The van der Waals surface area contributed by atoms with E-state index in [2.05, 4.69) is 72.1 Å². The second-order valence-corrected chi connectivity index (χ2v) is 9.19. The highest BCUT2D eigenvalue weighted by molar-refractivity contribution is 5.79. The van der Waals surface area contributed by atoms with Crippen molar-refractivity contribution in [1.82, 2.24) is 20.2 Å². The molecular formula is C24H37N5O. The van der Waals surface area contributed by atoms with Gasteiger partial charge in [-0.15, -0.1) is 0 Å². The fraction of sp³-hybridized carbons (Fsp3) is 0.583. The maximum atomic E-state index is 6.12. The third-order valence-electron chi connectivity index (χ3n) is 5.54. The van der Waals surface area contributed by atoms with Gasteiger partial charge in [0, 0.05) is 44.6 Å². The summed E-state index contributed by atoms with van der Waals surface area (Å²) < 4.78 is 8.19. The lowest BCUT2D eigenvalue weighted by molar-refractivity contribution is -0.0835. The molecule has 2 unspecified atom stereocenters. The molecule has 1 fully saturated rings. The molecule has 6 nitrogen and oxygen atoms in total. The summed E-state index contributed by atoms with van der Waals surface area (Å²) in [5, 5.41) is 6.93. The van der Waals surface area contributed by atoms with Gasteiger partial charge in [0.1, 0.15) is 0 Å². The van der Waals surface area contributed by atoms with Crippen molar-refractivity contribution < 1.29 is 4.74 Å². The van der Waals surface area contributed by atoms with Gasteiger partial charge in [-0.1, -0.05) is 45.0 Å². The van der Waals surface area contributed by atoms with Gasteiger partial charge in [0.25, 0.3) is 0 Å². The molecule has 2 heterocycles. The van der Waals surface area contributed by atoms with Gasteiger partial charge in [-0.05, 0) is 36.3 Å². The Kier molecular flexibility index (Phi) is 7.91. The van der Waals surface area contributed by atoms with Gasteiger partial charge in [-0.3, -0.25) is 0 Å². The molecule has 3 rings (SSSR count). The standard InChI is InChI=1S/C24H37N5O/c1-5-26-23(28-16-21-7-6-14-30-22(21)24(2,3)4)27-15-19-8-10-20(11-9-19)17-29-13-12-25-18-29/h8-13,18,21-22H,5-7,14-17H2,1-4H3,(H2,26,27,28). The first-order valence-electron chi connectivity index (χ1n) is 11.1. The molecule has 0 amide bonds. The van der Waals surface area contributed by atoms with E-state index in [-0.39, 0.29) is 11.5 Å². The van der Waals surface area contributed by atoms with Crippen LogP contribution in [0.4, 0.5) is 0 Å². The van der Waals surface area contributed by atoms with Crippen LogP contribution in [0.15, 0.2) is 48.0 Å². The normalized spacial score (nSPS) is 20.2. The molecule has 164 valence electrons. The molecule has 1 saturated heterocycles. The number of imidazole rings is 1. The lowest BCUT2D eigenvalue weighted by Gasteiger charge is -2.40. The minimum Gasteiger partial charge on any atom is -0.377 e. The number of nitrogens with zero attached hydrogens (tertiary/aromatic N) is 3. The minimum atomic E-state index is 0.153. The molecule has 2 N–H and O–H groups in total. The van der Waals surface area contributed by atoms with Crippen LogP contribution in [0.3, 0.4) is 0 Å². The maximum absolute atomic E-state index is 6.12. The predicted molar refractivity (Wildman–Crippen MR) is 123 cm³/mol. The number of nitrogens with one attached hydrogen (secondary N) is 2. The minimum absolute atomic E-state index is 0.153. The maximum Gasteiger partial charge on any atom is 0.191 e. The molecule has 0 bridgehead atoms. The number of hydrogen-bond acceptors (Lipinski definition) is 3. The quantitative estimate of drug-likeness (QED) is 0.537. The number of aliphatic imine (C=N–C) groups is 1. The van der Waals surface area contributed by atoms with Crippen molar-refractivity contribution in [2.75, 3.05) is 19.7 Å². The van der Waals surface area contributed by atoms with Crippen LogP contribution in [0.2, 0.25) is 0 Å². The molecule has 1 aromatic heterocycles. The van der Waals surface area contributed by atoms with Crippen LogP contribution in [0.5, 0.6) is 0 Å². The lowest BCUT2D eigenvalue weighted by atomic mass is 9.78. The molecule has 30 heavy (non-hydrogen) atoms. The van der Waals surface area contributed by atoms with Crippen LogP contribution in [0.1, 0.15) is 51.7 Å². The molecular weight excluding hydrogens is 374 g/mol. The van der Waals surface area contributed by atoms with Crippen LogP contribution in [-0.4, -0.2) is 41.3 Å². The van der Waals surface area contributed by atoms with E-state index < -0.39 is 0 Å². The van der Waals surface area contributed by atoms with Gasteiger partial charge in [0.05, 0.1) is 19.0 Å². The van der Waals surface area contributed by atoms with Crippen LogP contribution < -0.4 is 10.6 Å². The summed E-state index contributed by atoms with van der Waals surface area (Å²) in [5.74, 6) is 1.38. The predicted octanol–water partition coefficient (Wildman–Crippen LogP) is 3.83. The number of rotatable bonds is 7. The summed E-state index contributed by atoms with van der Waals surface area (Å²) in [7, 11) is 0. The average Bonchev–Trinajstić information content (AvgIpc) is 3.24. The Labute approximate surface area is 181 Å². The van der Waals surface area contributed by atoms with Gasteiger partial charge in [-0.2, -0.15) is 0 Å². The monoisotopic (exact) mass is 411 g/mol. The van der Waals surface area contributed by atoms with Gasteiger partial charge >= 0.3 is 0 Å². The van der Waals surface area contributed by atoms with Gasteiger partial charge in [0.2, 0.25) is 0 Å². The second-order valence-electron chi connectivity index (χ2n) is 9.19. The molecule has 1 aliphatic rings. The molecule has 0 aliphatic carbocycles. The second kappa shape index (κ2) is 10.6. The van der Waals surface area contributed by atoms with Gasteiger partial charge < -0.3 is 19.9 Å². The average molecular weight is 412 g/mol. The molecule has 0 saturated carbocycles. The number of hydrogen-bond donors (Lipinski definition) is 2. The zero-order valence-corrected chi connectivity index (χ0v) is 18.9. The Balaban J connectivity index is 1.56. The highest BCUT2D eigenvalue weighted by atomic mass is 16.5. The molecule has 2 atom stereocenters. The lowest BCUT2D eigenvalue weighted by Crippen LogP contribution is -2.47. The highest BCUT2D eigenvalue weighted by Gasteiger charge is 2.35. The van der Waals surface area contributed by atoms with Crippen molar-refractivity contribution in [1.29, 1.82) is 0 Å². The molecule has 1 aromatic carbocycles. The van der Waals surface area contributed by atoms with Crippen molar-refractivity contribution in [2.24, 2.45) is 16.3 Å². The fourth-order valence-corrected chi connectivity index (χ4v) is 4.09. The number of guanidine groups is 1. The van der Waals surface area contributed by atoms with Crippen molar-refractivity contribution in [3.8, 4) is 0 Å². The van der Waals surface area contributed by atoms with Crippen molar-refractivity contribution in [3.05, 3.63) is 54.1 Å². The SMILES string of the molecule is CCNC(=NCc1ccc(Cn2ccnc2)cc1)NCC1CCCOC1C(C)(C)C. The Hall–Kier alpha value is -2.34. The first kappa shape index (κ1) is 22.3. The first-order valence-corrected chi connectivity index (χ1v) is 11.1. The molecule has 1 aliphatic heterocycles. The summed E-state index contributed by atoms with van der Waals surface area (Å²) >= 11 is 0. The zero-order valence-electron chi connectivity index (χ0n) is 18.9. The highest BCUT2D eigenvalue weighted by Crippen LogP contribution is 2.33. The third kappa shape index (κ3) is 6.59. The van der Waals surface area contributed by atoms with Crippen LogP contribution in [0, 0.1) is 11.3 Å². The summed E-state index contributed by atoms with van der Waals surface area (Å²) in [6.07, 6.45) is 8.25. The van der Waals surface area contributed by atoms with Gasteiger partial charge in [0.15, 0.2) is 5.96 Å². The van der Waals surface area contributed by atoms with Crippen molar-refractivity contribution in [2.45, 2.75) is 59.7 Å². The Bertz CT molecular complexity index is 777. The van der Waals surface area contributed by atoms with E-state index in [1.165, 1.54) is 17.5 Å².